The maximum atomic E-state index is 13.5. The summed E-state index contributed by atoms with van der Waals surface area (Å²) in [6.07, 6.45) is -4.39. The van der Waals surface area contributed by atoms with Gasteiger partial charge in [-0.05, 0) is 41.0 Å². The molecule has 1 unspecified atom stereocenters. The highest BCUT2D eigenvalue weighted by Crippen LogP contribution is 2.36. The number of ether oxygens (including phenoxy) is 1. The molecule has 3 aromatic rings. The van der Waals surface area contributed by atoms with E-state index in [1.165, 1.54) is 12.1 Å². The number of fused-ring (bicyclic) bond motifs is 1. The first-order valence-corrected chi connectivity index (χ1v) is 10.5. The molecule has 7 heteroatoms. The molecule has 0 radical (unpaired) electrons. The highest BCUT2D eigenvalue weighted by molar-refractivity contribution is 6.11. The van der Waals surface area contributed by atoms with Crippen LogP contribution in [0.25, 0.3) is 10.8 Å². The topological polar surface area (TPSA) is 50.7 Å². The van der Waals surface area contributed by atoms with Gasteiger partial charge in [0.05, 0.1) is 17.8 Å². The number of hydrogen-bond donors (Lipinski definition) is 1. The Morgan fingerprint density at radius 2 is 1.88 bits per heavy atom. The van der Waals surface area contributed by atoms with Crippen LogP contribution in [0.5, 0.6) is 5.75 Å². The van der Waals surface area contributed by atoms with E-state index < -0.39 is 17.8 Å². The van der Waals surface area contributed by atoms with Crippen molar-refractivity contribution in [3.63, 3.8) is 0 Å². The zero-order valence-electron chi connectivity index (χ0n) is 17.6. The van der Waals surface area contributed by atoms with Gasteiger partial charge >= 0.3 is 6.18 Å². The van der Waals surface area contributed by atoms with Crippen LogP contribution in [0.2, 0.25) is 0 Å². The molecule has 1 heterocycles. The zero-order chi connectivity index (χ0) is 22.7. The smallest absolute Gasteiger partial charge is 0.417 e. The molecule has 0 saturated heterocycles. The summed E-state index contributed by atoms with van der Waals surface area (Å²) in [5.41, 5.74) is 0.664. The van der Waals surface area contributed by atoms with Crippen LogP contribution >= 0.6 is 0 Å². The van der Waals surface area contributed by atoms with Crippen molar-refractivity contribution in [3.8, 4) is 5.75 Å². The molecule has 3 aromatic carbocycles. The van der Waals surface area contributed by atoms with Crippen molar-refractivity contribution in [2.45, 2.75) is 38.6 Å². The van der Waals surface area contributed by atoms with Crippen LogP contribution in [-0.2, 0) is 17.5 Å². The molecule has 0 aliphatic carbocycles. The molecule has 1 amide bonds. The lowest BCUT2D eigenvalue weighted by atomic mass is 10.0. The second-order valence-corrected chi connectivity index (χ2v) is 7.72. The summed E-state index contributed by atoms with van der Waals surface area (Å²) in [6, 6.07) is 17.5. The summed E-state index contributed by atoms with van der Waals surface area (Å²) >= 11 is 0. The van der Waals surface area contributed by atoms with Gasteiger partial charge in [0.15, 0.2) is 6.10 Å². The minimum absolute atomic E-state index is 0.0149. The fourth-order valence-corrected chi connectivity index (χ4v) is 3.71. The molecule has 0 spiro atoms. The lowest BCUT2D eigenvalue weighted by molar-refractivity contribution is -0.137. The molecular formula is C25H23F3N2O2. The molecular weight excluding hydrogens is 417 g/mol. The van der Waals surface area contributed by atoms with Crippen LogP contribution in [0.15, 0.2) is 65.7 Å². The van der Waals surface area contributed by atoms with Gasteiger partial charge in [-0.2, -0.15) is 13.2 Å². The largest absolute Gasteiger partial charge is 0.481 e. The number of carbonyl (C=O) groups is 1. The Bertz CT molecular complexity index is 1170. The Hall–Kier alpha value is -3.35. The summed E-state index contributed by atoms with van der Waals surface area (Å²) in [6.45, 7) is 2.51. The average Bonchev–Trinajstić information content (AvgIpc) is 3.62. The van der Waals surface area contributed by atoms with Gasteiger partial charge in [0.2, 0.25) is 0 Å². The highest BCUT2D eigenvalue weighted by atomic mass is 19.4. The number of rotatable bonds is 8. The maximum Gasteiger partial charge on any atom is 0.417 e. The van der Waals surface area contributed by atoms with Crippen LogP contribution in [0.3, 0.4) is 0 Å². The Morgan fingerprint density at radius 1 is 1.12 bits per heavy atom. The maximum absolute atomic E-state index is 13.5. The summed E-state index contributed by atoms with van der Waals surface area (Å²) in [7, 11) is 0. The molecule has 0 bridgehead atoms. The third kappa shape index (κ3) is 4.93. The van der Waals surface area contributed by atoms with Crippen molar-refractivity contribution in [2.75, 3.05) is 6.54 Å². The molecule has 166 valence electrons. The van der Waals surface area contributed by atoms with Crippen LogP contribution < -0.4 is 10.1 Å². The van der Waals surface area contributed by atoms with Gasteiger partial charge in [0, 0.05) is 12.1 Å². The van der Waals surface area contributed by atoms with Crippen molar-refractivity contribution >= 4 is 22.4 Å². The van der Waals surface area contributed by atoms with Crippen LogP contribution in [0, 0.1) is 0 Å². The molecule has 0 saturated carbocycles. The molecule has 4 nitrogen and oxygen atoms in total. The predicted octanol–water partition coefficient (Wildman–Crippen LogP) is 5.53. The average molecular weight is 440 g/mol. The second kappa shape index (κ2) is 9.02. The number of amides is 1. The van der Waals surface area contributed by atoms with Gasteiger partial charge in [-0.25, -0.2) is 0 Å². The van der Waals surface area contributed by atoms with Gasteiger partial charge in [0.25, 0.3) is 5.91 Å². The lowest BCUT2D eigenvalue weighted by Crippen LogP contribution is -2.38. The third-order valence-electron chi connectivity index (χ3n) is 5.38. The number of carbonyl (C=O) groups excluding carboxylic acids is 1. The van der Waals surface area contributed by atoms with E-state index in [9.17, 15) is 18.0 Å². The molecule has 1 atom stereocenters. The number of hydrogen-bond acceptors (Lipinski definition) is 3. The summed E-state index contributed by atoms with van der Waals surface area (Å²) in [4.78, 5) is 16.7. The fourth-order valence-electron chi connectivity index (χ4n) is 3.71. The van der Waals surface area contributed by atoms with Gasteiger partial charge < -0.3 is 10.1 Å². The highest BCUT2D eigenvalue weighted by Gasteiger charge is 2.36. The fraction of sp³-hybridized carbons (Fsp3) is 0.280. The summed E-state index contributed by atoms with van der Waals surface area (Å²) in [5, 5.41) is 4.98. The number of halogens is 3. The van der Waals surface area contributed by atoms with Gasteiger partial charge in [-0.15, -0.1) is 0 Å². The Balaban J connectivity index is 1.50. The van der Waals surface area contributed by atoms with Crippen molar-refractivity contribution in [1.82, 2.24) is 5.32 Å². The third-order valence-corrected chi connectivity index (χ3v) is 5.38. The summed E-state index contributed by atoms with van der Waals surface area (Å²) < 4.78 is 46.3. The number of nitrogens with one attached hydrogen (secondary N) is 1. The zero-order valence-corrected chi connectivity index (χ0v) is 17.6. The van der Waals surface area contributed by atoms with Crippen molar-refractivity contribution in [1.29, 1.82) is 0 Å². The van der Waals surface area contributed by atoms with Crippen molar-refractivity contribution in [3.05, 3.63) is 77.4 Å². The van der Waals surface area contributed by atoms with E-state index in [2.05, 4.69) is 10.3 Å². The first-order valence-electron chi connectivity index (χ1n) is 10.5. The quantitative estimate of drug-likeness (QED) is 0.501. The van der Waals surface area contributed by atoms with E-state index in [1.807, 2.05) is 49.4 Å². The van der Waals surface area contributed by atoms with E-state index >= 15 is 0 Å². The minimum atomic E-state index is -4.53. The Morgan fingerprint density at radius 3 is 2.59 bits per heavy atom. The van der Waals surface area contributed by atoms with Gasteiger partial charge in [0.1, 0.15) is 5.75 Å². The molecule has 1 N–H and O–H groups in total. The number of alkyl halides is 3. The van der Waals surface area contributed by atoms with E-state index in [0.717, 1.165) is 22.4 Å². The van der Waals surface area contributed by atoms with E-state index in [0.29, 0.717) is 31.6 Å². The van der Waals surface area contributed by atoms with E-state index in [4.69, 9.17) is 4.74 Å². The van der Waals surface area contributed by atoms with Crippen molar-refractivity contribution < 1.29 is 22.7 Å². The van der Waals surface area contributed by atoms with E-state index in [-0.39, 0.29) is 17.2 Å². The van der Waals surface area contributed by atoms with Crippen molar-refractivity contribution in [2.24, 2.45) is 4.99 Å². The monoisotopic (exact) mass is 440 g/mol. The SMILES string of the molecule is CCCC(Oc1ccc(C2=NC2)c(C(F)(F)F)c1)C(=O)NCc1cccc2ccccc12. The Labute approximate surface area is 184 Å². The molecule has 0 aromatic heterocycles. The molecule has 32 heavy (non-hydrogen) atoms. The number of nitrogens with zero attached hydrogens (tertiary/aromatic N) is 1. The second-order valence-electron chi connectivity index (χ2n) is 7.72. The summed E-state index contributed by atoms with van der Waals surface area (Å²) in [5.74, 6) is -0.343. The van der Waals surface area contributed by atoms with Crippen LogP contribution in [-0.4, -0.2) is 24.3 Å². The predicted molar refractivity (Wildman–Crippen MR) is 118 cm³/mol. The van der Waals surface area contributed by atoms with Gasteiger partial charge in [-0.3, -0.25) is 9.79 Å². The minimum Gasteiger partial charge on any atom is -0.481 e. The molecule has 1 aliphatic rings. The molecule has 1 aliphatic heterocycles. The first kappa shape index (κ1) is 21.9. The number of aliphatic imine (C=N–C) groups is 1. The van der Waals surface area contributed by atoms with Crippen LogP contribution in [0.4, 0.5) is 13.2 Å². The first-order chi connectivity index (χ1) is 15.4. The van der Waals surface area contributed by atoms with Gasteiger partial charge in [-0.1, -0.05) is 55.8 Å². The molecule has 4 rings (SSSR count). The Kier molecular flexibility index (Phi) is 6.17. The normalized spacial score (nSPS) is 14.1. The standard InChI is InChI=1S/C25H23F3N2O2/c1-2-6-23(24(31)30-14-17-9-5-8-16-7-3-4-10-19(16)17)32-18-11-12-20(22-15-29-22)21(13-18)25(26,27)28/h3-5,7-13,23H,2,6,14-15H2,1H3,(H,30,31). The number of benzene rings is 3. The lowest BCUT2D eigenvalue weighted by Gasteiger charge is -2.20. The molecule has 0 fully saturated rings. The van der Waals surface area contributed by atoms with Crippen LogP contribution in [0.1, 0.15) is 36.5 Å². The van der Waals surface area contributed by atoms with E-state index in [1.54, 1.807) is 0 Å².